The number of aliphatic carboxylic acids is 1. The molecule has 1 unspecified atom stereocenters. The number of benzene rings is 1. The Labute approximate surface area is 114 Å². The number of hydrogen-bond donors (Lipinski definition) is 2. The second-order valence-electron chi connectivity index (χ2n) is 5.47. The van der Waals surface area contributed by atoms with Crippen LogP contribution < -0.4 is 5.32 Å². The average molecular weight is 265 g/mol. The molecule has 0 spiro atoms. The first kappa shape index (κ1) is 15.7. The fourth-order valence-electron chi connectivity index (χ4n) is 1.82. The molecule has 0 fully saturated rings. The molecule has 106 valence electrons. The molecule has 0 radical (unpaired) electrons. The molecule has 0 aliphatic heterocycles. The molecule has 0 saturated carbocycles. The molecule has 19 heavy (non-hydrogen) atoms. The van der Waals surface area contributed by atoms with Crippen molar-refractivity contribution >= 4 is 5.97 Å². The summed E-state index contributed by atoms with van der Waals surface area (Å²) < 4.78 is 5.14. The maximum absolute atomic E-state index is 10.9. The first-order valence-corrected chi connectivity index (χ1v) is 6.41. The quantitative estimate of drug-likeness (QED) is 0.794. The van der Waals surface area contributed by atoms with Crippen LogP contribution in [0, 0.1) is 0 Å². The molecule has 2 N–H and O–H groups in total. The highest BCUT2D eigenvalue weighted by Crippen LogP contribution is 2.16. The molecule has 0 bridgehead atoms. The van der Waals surface area contributed by atoms with Gasteiger partial charge in [0.05, 0.1) is 12.5 Å². The van der Waals surface area contributed by atoms with E-state index >= 15 is 0 Å². The first-order valence-electron chi connectivity index (χ1n) is 6.41. The normalized spacial score (nSPS) is 13.3. The monoisotopic (exact) mass is 265 g/mol. The van der Waals surface area contributed by atoms with E-state index in [1.807, 2.05) is 24.3 Å². The summed E-state index contributed by atoms with van der Waals surface area (Å²) in [5, 5.41) is 12.4. The van der Waals surface area contributed by atoms with Gasteiger partial charge in [-0.15, -0.1) is 0 Å². The smallest absolute Gasteiger partial charge is 0.310 e. The van der Waals surface area contributed by atoms with Gasteiger partial charge in [0, 0.05) is 19.2 Å². The highest BCUT2D eigenvalue weighted by molar-refractivity contribution is 5.75. The molecule has 0 aliphatic rings. The van der Waals surface area contributed by atoms with Gasteiger partial charge >= 0.3 is 5.97 Å². The summed E-state index contributed by atoms with van der Waals surface area (Å²) in [5.41, 5.74) is 1.87. The molecule has 1 atom stereocenters. The minimum absolute atomic E-state index is 0.0816. The molecule has 4 nitrogen and oxygen atoms in total. The minimum Gasteiger partial charge on any atom is -0.481 e. The fraction of sp³-hybridized carbons (Fsp3) is 0.533. The molecule has 0 aliphatic carbocycles. The highest BCUT2D eigenvalue weighted by atomic mass is 16.5. The number of hydrogen-bond acceptors (Lipinski definition) is 3. The second-order valence-corrected chi connectivity index (χ2v) is 5.47. The van der Waals surface area contributed by atoms with Crippen LogP contribution in [-0.4, -0.2) is 30.3 Å². The van der Waals surface area contributed by atoms with E-state index in [0.29, 0.717) is 6.61 Å². The Kier molecular flexibility index (Phi) is 5.51. The van der Waals surface area contributed by atoms with E-state index in [9.17, 15) is 4.79 Å². The van der Waals surface area contributed by atoms with E-state index in [1.54, 1.807) is 14.0 Å². The Bertz CT molecular complexity index is 412. The number of ether oxygens (including phenoxy) is 1. The molecule has 0 saturated heterocycles. The molecule has 1 rings (SSSR count). The molecule has 1 aromatic rings. The number of carbonyl (C=O) groups is 1. The van der Waals surface area contributed by atoms with Crippen molar-refractivity contribution in [2.45, 2.75) is 38.8 Å². The Hall–Kier alpha value is -1.39. The third kappa shape index (κ3) is 5.01. The average Bonchev–Trinajstić information content (AvgIpc) is 2.36. The Balaban J connectivity index is 2.60. The van der Waals surface area contributed by atoms with Crippen molar-refractivity contribution in [3.63, 3.8) is 0 Å². The van der Waals surface area contributed by atoms with Crippen molar-refractivity contribution in [1.29, 1.82) is 0 Å². The predicted octanol–water partition coefficient (Wildman–Crippen LogP) is 2.39. The largest absolute Gasteiger partial charge is 0.481 e. The van der Waals surface area contributed by atoms with Crippen LogP contribution in [0.1, 0.15) is 37.8 Å². The molecular weight excluding hydrogens is 242 g/mol. The fourth-order valence-corrected chi connectivity index (χ4v) is 1.82. The van der Waals surface area contributed by atoms with E-state index < -0.39 is 11.9 Å². The summed E-state index contributed by atoms with van der Waals surface area (Å²) in [7, 11) is 1.69. The first-order chi connectivity index (χ1) is 8.85. The summed E-state index contributed by atoms with van der Waals surface area (Å²) in [5.74, 6) is -1.26. The third-order valence-corrected chi connectivity index (χ3v) is 3.13. The molecule has 0 heterocycles. The zero-order valence-electron chi connectivity index (χ0n) is 12.1. The van der Waals surface area contributed by atoms with Gasteiger partial charge < -0.3 is 15.2 Å². The Morgan fingerprint density at radius 2 is 1.95 bits per heavy atom. The summed E-state index contributed by atoms with van der Waals surface area (Å²) >= 11 is 0. The Morgan fingerprint density at radius 1 is 1.37 bits per heavy atom. The maximum atomic E-state index is 10.9. The van der Waals surface area contributed by atoms with Crippen molar-refractivity contribution in [1.82, 2.24) is 5.32 Å². The molecule has 0 amide bonds. The van der Waals surface area contributed by atoms with Gasteiger partial charge in [0.1, 0.15) is 0 Å². The van der Waals surface area contributed by atoms with E-state index in [2.05, 4.69) is 19.2 Å². The van der Waals surface area contributed by atoms with Gasteiger partial charge in [-0.05, 0) is 31.9 Å². The van der Waals surface area contributed by atoms with Gasteiger partial charge in [-0.25, -0.2) is 0 Å². The van der Waals surface area contributed by atoms with Crippen LogP contribution in [-0.2, 0) is 16.1 Å². The van der Waals surface area contributed by atoms with Crippen molar-refractivity contribution in [3.8, 4) is 0 Å². The van der Waals surface area contributed by atoms with Crippen molar-refractivity contribution in [2.75, 3.05) is 13.7 Å². The zero-order valence-corrected chi connectivity index (χ0v) is 12.1. The minimum atomic E-state index is -0.799. The molecule has 1 aromatic carbocycles. The molecule has 4 heteroatoms. The maximum Gasteiger partial charge on any atom is 0.310 e. The lowest BCUT2D eigenvalue weighted by Crippen LogP contribution is -2.42. The van der Waals surface area contributed by atoms with Crippen molar-refractivity contribution in [3.05, 3.63) is 35.4 Å². The van der Waals surface area contributed by atoms with Crippen LogP contribution in [0.2, 0.25) is 0 Å². The van der Waals surface area contributed by atoms with Gasteiger partial charge in [0.2, 0.25) is 0 Å². The molecular formula is C15H23NO3. The summed E-state index contributed by atoms with van der Waals surface area (Å²) in [6.07, 6.45) is 0. The van der Waals surface area contributed by atoms with Gasteiger partial charge in [-0.2, -0.15) is 0 Å². The highest BCUT2D eigenvalue weighted by Gasteiger charge is 2.16. The lowest BCUT2D eigenvalue weighted by molar-refractivity contribution is -0.138. The van der Waals surface area contributed by atoms with Crippen molar-refractivity contribution < 1.29 is 14.6 Å². The van der Waals surface area contributed by atoms with Crippen LogP contribution in [0.3, 0.4) is 0 Å². The molecule has 0 aromatic heterocycles. The lowest BCUT2D eigenvalue weighted by atomic mass is 9.99. The SMILES string of the molecule is COCC(C)(C)NCc1ccc(C(C)C(=O)O)cc1. The number of nitrogens with one attached hydrogen (secondary N) is 1. The standard InChI is InChI=1S/C15H23NO3/c1-11(14(17)18)13-7-5-12(6-8-13)9-16-15(2,3)10-19-4/h5-8,11,16H,9-10H2,1-4H3,(H,17,18). The van der Waals surface area contributed by atoms with E-state index in [-0.39, 0.29) is 5.54 Å². The third-order valence-electron chi connectivity index (χ3n) is 3.13. The van der Waals surface area contributed by atoms with Crippen LogP contribution >= 0.6 is 0 Å². The van der Waals surface area contributed by atoms with Gasteiger partial charge in [-0.3, -0.25) is 4.79 Å². The summed E-state index contributed by atoms with van der Waals surface area (Å²) in [6, 6.07) is 7.67. The van der Waals surface area contributed by atoms with Gasteiger partial charge in [0.15, 0.2) is 0 Å². The van der Waals surface area contributed by atoms with E-state index in [0.717, 1.165) is 17.7 Å². The second kappa shape index (κ2) is 6.68. The number of methoxy groups -OCH3 is 1. The summed E-state index contributed by atoms with van der Waals surface area (Å²) in [6.45, 7) is 7.23. The summed E-state index contributed by atoms with van der Waals surface area (Å²) in [4.78, 5) is 10.9. The topological polar surface area (TPSA) is 58.6 Å². The lowest BCUT2D eigenvalue weighted by Gasteiger charge is -2.25. The van der Waals surface area contributed by atoms with Crippen LogP contribution in [0.5, 0.6) is 0 Å². The van der Waals surface area contributed by atoms with Crippen LogP contribution in [0.15, 0.2) is 24.3 Å². The van der Waals surface area contributed by atoms with Gasteiger partial charge in [0.25, 0.3) is 0 Å². The van der Waals surface area contributed by atoms with E-state index in [1.165, 1.54) is 0 Å². The predicted molar refractivity (Wildman–Crippen MR) is 75.3 cm³/mol. The van der Waals surface area contributed by atoms with Crippen molar-refractivity contribution in [2.24, 2.45) is 0 Å². The van der Waals surface area contributed by atoms with E-state index in [4.69, 9.17) is 9.84 Å². The number of rotatable bonds is 7. The number of carboxylic acid groups (broad SMARTS) is 1. The van der Waals surface area contributed by atoms with Crippen LogP contribution in [0.25, 0.3) is 0 Å². The Morgan fingerprint density at radius 3 is 2.42 bits per heavy atom. The zero-order chi connectivity index (χ0) is 14.5. The number of carboxylic acids is 1. The van der Waals surface area contributed by atoms with Gasteiger partial charge in [-0.1, -0.05) is 24.3 Å². The van der Waals surface area contributed by atoms with Crippen LogP contribution in [0.4, 0.5) is 0 Å².